The van der Waals surface area contributed by atoms with Crippen molar-refractivity contribution < 1.29 is 87.8 Å². The average Bonchev–Trinajstić information content (AvgIpc) is 2.87. The van der Waals surface area contributed by atoms with Gasteiger partial charge in [0.1, 0.15) is 0 Å². The minimum atomic E-state index is -2.03. The van der Waals surface area contributed by atoms with Crippen molar-refractivity contribution in [2.24, 2.45) is 0 Å². The van der Waals surface area contributed by atoms with Crippen LogP contribution >= 0.6 is 0 Å². The molecule has 1 saturated carbocycles. The Morgan fingerprint density at radius 2 is 0.438 bits per heavy atom. The van der Waals surface area contributed by atoms with E-state index in [1.165, 1.54) is 41.5 Å². The lowest BCUT2D eigenvalue weighted by Crippen LogP contribution is -2.69. The molecule has 1 aliphatic rings. The molecule has 0 aliphatic heterocycles. The first-order valence-corrected chi connectivity index (χ1v) is 15.4. The van der Waals surface area contributed by atoms with Crippen LogP contribution in [0, 0.1) is 0 Å². The summed E-state index contributed by atoms with van der Waals surface area (Å²) in [5, 5.41) is 58.8. The van der Waals surface area contributed by atoms with Gasteiger partial charge >= 0.3 is 35.8 Å². The lowest BCUT2D eigenvalue weighted by Gasteiger charge is -2.47. The van der Waals surface area contributed by atoms with E-state index < -0.39 is 148 Å². The van der Waals surface area contributed by atoms with Crippen LogP contribution in [-0.2, 0) is 57.2 Å². The van der Waals surface area contributed by atoms with E-state index in [1.807, 2.05) is 0 Å². The fraction of sp³-hybridized carbons (Fsp3) is 0.800. The summed E-state index contributed by atoms with van der Waals surface area (Å²) >= 11 is 0. The Bertz CT molecular complexity index is 855. The number of aliphatic hydroxyl groups excluding tert-OH is 6. The molecule has 0 aromatic heterocycles. The van der Waals surface area contributed by atoms with Gasteiger partial charge in [-0.25, -0.2) is 0 Å². The number of hydrogen-bond acceptors (Lipinski definition) is 18. The zero-order valence-electron chi connectivity index (χ0n) is 27.8. The molecule has 0 aromatic carbocycles. The van der Waals surface area contributed by atoms with E-state index in [0.29, 0.717) is 0 Å². The molecule has 6 unspecified atom stereocenters. The van der Waals surface area contributed by atoms with Crippen LogP contribution < -0.4 is 0 Å². The molecule has 0 aromatic rings. The Kier molecular flexibility index (Phi) is 17.9. The van der Waals surface area contributed by atoms with E-state index >= 15 is 0 Å². The highest BCUT2D eigenvalue weighted by Gasteiger charge is 2.61. The molecule has 18 heteroatoms. The van der Waals surface area contributed by atoms with Crippen LogP contribution in [0.5, 0.6) is 0 Å². The predicted molar refractivity (Wildman–Crippen MR) is 157 cm³/mol. The predicted octanol–water partition coefficient (Wildman–Crippen LogP) is -1.90. The standard InChI is InChI=1S/C30H48O18/c1-13(31)7-19(37)43-25-26(44-20(38)8-14(2)32)28(46-22(40)10-16(4)34)30(48-24(42)12-18(6)36)29(47-23(41)11-17(5)35)27(25)45-21(39)9-15(3)33/h13-18,25-36H,7-12H2,1-6H3. The molecule has 0 spiro atoms. The molecular weight excluding hydrogens is 648 g/mol. The minimum absolute atomic E-state index is 0.662. The summed E-state index contributed by atoms with van der Waals surface area (Å²) in [6.07, 6.45) is -23.8. The molecule has 0 bridgehead atoms. The van der Waals surface area contributed by atoms with Gasteiger partial charge in [-0.3, -0.25) is 28.8 Å². The molecule has 276 valence electrons. The maximum atomic E-state index is 12.9. The maximum absolute atomic E-state index is 12.9. The summed E-state index contributed by atoms with van der Waals surface area (Å²) in [6.45, 7) is 7.42. The van der Waals surface area contributed by atoms with Gasteiger partial charge in [0.05, 0.1) is 75.1 Å². The summed E-state index contributed by atoms with van der Waals surface area (Å²) in [4.78, 5) is 77.6. The third kappa shape index (κ3) is 15.7. The average molecular weight is 697 g/mol. The van der Waals surface area contributed by atoms with Crippen LogP contribution in [0.2, 0.25) is 0 Å². The number of ether oxygens (including phenoxy) is 6. The number of hydrogen-bond donors (Lipinski definition) is 6. The van der Waals surface area contributed by atoms with Gasteiger partial charge in [0.2, 0.25) is 0 Å². The van der Waals surface area contributed by atoms with E-state index in [2.05, 4.69) is 0 Å². The van der Waals surface area contributed by atoms with Crippen molar-refractivity contribution in [3.8, 4) is 0 Å². The highest BCUT2D eigenvalue weighted by atomic mass is 16.7. The minimum Gasteiger partial charge on any atom is -0.454 e. The van der Waals surface area contributed by atoms with Gasteiger partial charge in [0, 0.05) is 0 Å². The molecule has 6 atom stereocenters. The zero-order chi connectivity index (χ0) is 36.9. The molecule has 1 fully saturated rings. The molecule has 0 heterocycles. The molecular formula is C30H48O18. The highest BCUT2D eigenvalue weighted by molar-refractivity contribution is 5.75. The van der Waals surface area contributed by atoms with Gasteiger partial charge in [-0.15, -0.1) is 0 Å². The molecule has 48 heavy (non-hydrogen) atoms. The molecule has 6 N–H and O–H groups in total. The van der Waals surface area contributed by atoms with Crippen molar-refractivity contribution in [1.29, 1.82) is 0 Å². The summed E-state index contributed by atoms with van der Waals surface area (Å²) in [5.41, 5.74) is 0. The number of carbonyl (C=O) groups is 6. The van der Waals surface area contributed by atoms with Crippen molar-refractivity contribution in [2.45, 2.75) is 153 Å². The first kappa shape index (κ1) is 42.6. The first-order valence-electron chi connectivity index (χ1n) is 15.4. The second-order valence-electron chi connectivity index (χ2n) is 12.0. The lowest BCUT2D eigenvalue weighted by molar-refractivity contribution is -0.263. The Morgan fingerprint density at radius 1 is 0.333 bits per heavy atom. The smallest absolute Gasteiger partial charge is 0.308 e. The van der Waals surface area contributed by atoms with Gasteiger partial charge in [0.25, 0.3) is 0 Å². The van der Waals surface area contributed by atoms with E-state index in [9.17, 15) is 59.4 Å². The van der Waals surface area contributed by atoms with Gasteiger partial charge in [-0.2, -0.15) is 0 Å². The Balaban J connectivity index is 4.07. The molecule has 0 radical (unpaired) electrons. The third-order valence-electron chi connectivity index (χ3n) is 6.32. The lowest BCUT2D eigenvalue weighted by atomic mass is 9.83. The Morgan fingerprint density at radius 3 is 0.521 bits per heavy atom. The van der Waals surface area contributed by atoms with Crippen molar-refractivity contribution in [2.75, 3.05) is 0 Å². The van der Waals surface area contributed by atoms with Crippen LogP contribution in [0.15, 0.2) is 0 Å². The van der Waals surface area contributed by atoms with Crippen molar-refractivity contribution >= 4 is 35.8 Å². The third-order valence-corrected chi connectivity index (χ3v) is 6.32. The second-order valence-corrected chi connectivity index (χ2v) is 12.0. The Hall–Kier alpha value is -3.42. The molecule has 1 rings (SSSR count). The van der Waals surface area contributed by atoms with E-state index in [1.54, 1.807) is 0 Å². The normalized spacial score (nSPS) is 26.0. The van der Waals surface area contributed by atoms with E-state index in [4.69, 9.17) is 28.4 Å². The maximum Gasteiger partial charge on any atom is 0.308 e. The fourth-order valence-electron chi connectivity index (χ4n) is 4.57. The van der Waals surface area contributed by atoms with Crippen LogP contribution in [-0.4, -0.2) is 140 Å². The van der Waals surface area contributed by atoms with Crippen LogP contribution in [0.25, 0.3) is 0 Å². The SMILES string of the molecule is CC(O)CC(=O)OC1C(OC(=O)CC(C)O)C(OC(=O)CC(C)O)C(OC(=O)CC(C)O)C(OC(=O)CC(C)O)C1OC(=O)CC(C)O. The van der Waals surface area contributed by atoms with Gasteiger partial charge in [-0.1, -0.05) is 0 Å². The molecule has 1 aliphatic carbocycles. The summed E-state index contributed by atoms with van der Waals surface area (Å²) in [7, 11) is 0. The molecule has 0 amide bonds. The van der Waals surface area contributed by atoms with Crippen molar-refractivity contribution in [3.05, 3.63) is 0 Å². The van der Waals surface area contributed by atoms with E-state index in [-0.39, 0.29) is 0 Å². The first-order chi connectivity index (χ1) is 22.2. The number of carbonyl (C=O) groups excluding carboxylic acids is 6. The fourth-order valence-corrected chi connectivity index (χ4v) is 4.57. The number of aliphatic hydroxyl groups is 6. The summed E-state index contributed by atoms with van der Waals surface area (Å²) in [5.74, 6) is -7.02. The topological polar surface area (TPSA) is 279 Å². The molecule has 0 saturated heterocycles. The van der Waals surface area contributed by atoms with Gasteiger partial charge < -0.3 is 59.1 Å². The van der Waals surface area contributed by atoms with Crippen molar-refractivity contribution in [3.63, 3.8) is 0 Å². The zero-order valence-corrected chi connectivity index (χ0v) is 27.8. The number of esters is 6. The van der Waals surface area contributed by atoms with Gasteiger partial charge in [-0.05, 0) is 41.5 Å². The van der Waals surface area contributed by atoms with Crippen LogP contribution in [0.3, 0.4) is 0 Å². The summed E-state index contributed by atoms with van der Waals surface area (Å²) < 4.78 is 33.0. The number of rotatable bonds is 18. The highest BCUT2D eigenvalue weighted by Crippen LogP contribution is 2.36. The molecule has 18 nitrogen and oxygen atoms in total. The van der Waals surface area contributed by atoms with Gasteiger partial charge in [0.15, 0.2) is 36.6 Å². The second kappa shape index (κ2) is 20.2. The summed E-state index contributed by atoms with van der Waals surface area (Å²) in [6, 6.07) is 0. The monoisotopic (exact) mass is 696 g/mol. The van der Waals surface area contributed by atoms with E-state index in [0.717, 1.165) is 0 Å². The largest absolute Gasteiger partial charge is 0.454 e. The Labute approximate surface area is 277 Å². The van der Waals surface area contributed by atoms with Crippen LogP contribution in [0.1, 0.15) is 80.1 Å². The van der Waals surface area contributed by atoms with Crippen LogP contribution in [0.4, 0.5) is 0 Å². The van der Waals surface area contributed by atoms with Crippen molar-refractivity contribution in [1.82, 2.24) is 0 Å². The quantitative estimate of drug-likeness (QED) is 0.0674.